The lowest BCUT2D eigenvalue weighted by atomic mass is 10.2. The lowest BCUT2D eigenvalue weighted by Crippen LogP contribution is -2.37. The molecule has 3 rings (SSSR count). The Hall–Kier alpha value is -3.27. The molecule has 3 aromatic rings. The summed E-state index contributed by atoms with van der Waals surface area (Å²) in [5.74, 6) is -1.31. The molecule has 0 saturated heterocycles. The van der Waals surface area contributed by atoms with Crippen LogP contribution in [-0.2, 0) is 16.6 Å². The normalized spacial score (nSPS) is 11.8. The predicted molar refractivity (Wildman–Crippen MR) is 105 cm³/mol. The third-order valence-corrected chi connectivity index (χ3v) is 5.61. The lowest BCUT2D eigenvalue weighted by Gasteiger charge is -2.25. The number of aromatic nitrogens is 1. The molecule has 1 aromatic heterocycles. The molecule has 0 fully saturated rings. The number of aromatic hydroxyl groups is 1. The standard InChI is InChI=1S/C20H17F3N2O4S/c21-20(22,23)14-30(27,28)25(13-15-3-2-10-24-12-15)16-6-8-18(9-7-16)29-19-5-1-4-17(26)11-19/h1-12,26H,13-14H2. The number of anilines is 1. The molecule has 0 unspecified atom stereocenters. The van der Waals surface area contributed by atoms with E-state index in [2.05, 4.69) is 4.98 Å². The number of hydrogen-bond donors (Lipinski definition) is 1. The summed E-state index contributed by atoms with van der Waals surface area (Å²) >= 11 is 0. The molecule has 1 N–H and O–H groups in total. The number of sulfonamides is 1. The van der Waals surface area contributed by atoms with Crippen molar-refractivity contribution in [1.29, 1.82) is 0 Å². The molecule has 0 bridgehead atoms. The molecular weight excluding hydrogens is 421 g/mol. The van der Waals surface area contributed by atoms with E-state index in [1.54, 1.807) is 24.3 Å². The van der Waals surface area contributed by atoms with E-state index in [0.717, 1.165) is 0 Å². The van der Waals surface area contributed by atoms with E-state index in [1.807, 2.05) is 0 Å². The maximum Gasteiger partial charge on any atom is 0.404 e. The van der Waals surface area contributed by atoms with E-state index in [4.69, 9.17) is 4.74 Å². The Labute approximate surface area is 171 Å². The number of ether oxygens (including phenoxy) is 1. The van der Waals surface area contributed by atoms with Crippen LogP contribution in [0.1, 0.15) is 5.56 Å². The van der Waals surface area contributed by atoms with Crippen LogP contribution < -0.4 is 9.04 Å². The van der Waals surface area contributed by atoms with Gasteiger partial charge in [-0.1, -0.05) is 12.1 Å². The molecule has 0 amide bonds. The smallest absolute Gasteiger partial charge is 0.404 e. The van der Waals surface area contributed by atoms with Gasteiger partial charge >= 0.3 is 6.18 Å². The lowest BCUT2D eigenvalue weighted by molar-refractivity contribution is -0.106. The zero-order valence-corrected chi connectivity index (χ0v) is 16.3. The topological polar surface area (TPSA) is 79.7 Å². The van der Waals surface area contributed by atoms with Crippen LogP contribution in [0.2, 0.25) is 0 Å². The van der Waals surface area contributed by atoms with Crippen molar-refractivity contribution in [3.8, 4) is 17.2 Å². The summed E-state index contributed by atoms with van der Waals surface area (Å²) in [5, 5.41) is 9.48. The SMILES string of the molecule is O=S(=O)(CC(F)(F)F)N(Cc1cccnc1)c1ccc(Oc2cccc(O)c2)cc1. The number of pyridine rings is 1. The molecular formula is C20H17F3N2O4S. The van der Waals surface area contributed by atoms with Gasteiger partial charge < -0.3 is 9.84 Å². The maximum atomic E-state index is 12.8. The van der Waals surface area contributed by atoms with Crippen LogP contribution in [0.3, 0.4) is 0 Å². The van der Waals surface area contributed by atoms with Gasteiger partial charge in [-0.15, -0.1) is 0 Å². The summed E-state index contributed by atoms with van der Waals surface area (Å²) in [6, 6.07) is 14.7. The Balaban J connectivity index is 1.89. The van der Waals surface area contributed by atoms with Gasteiger partial charge in [0, 0.05) is 18.5 Å². The number of phenolic OH excluding ortho intramolecular Hbond substituents is 1. The Morgan fingerprint density at radius 2 is 1.73 bits per heavy atom. The van der Waals surface area contributed by atoms with Crippen LogP contribution in [0.5, 0.6) is 17.2 Å². The van der Waals surface area contributed by atoms with Crippen molar-refractivity contribution in [2.24, 2.45) is 0 Å². The quantitative estimate of drug-likeness (QED) is 0.589. The van der Waals surface area contributed by atoms with E-state index in [0.29, 0.717) is 21.4 Å². The second-order valence-electron chi connectivity index (χ2n) is 6.33. The highest BCUT2D eigenvalue weighted by Gasteiger charge is 2.38. The second-order valence-corrected chi connectivity index (χ2v) is 8.23. The molecule has 0 saturated carbocycles. The zero-order chi connectivity index (χ0) is 21.8. The number of phenols is 1. The first-order valence-electron chi connectivity index (χ1n) is 8.65. The molecule has 1 heterocycles. The van der Waals surface area contributed by atoms with Gasteiger partial charge in [-0.25, -0.2) is 8.42 Å². The Morgan fingerprint density at radius 3 is 2.33 bits per heavy atom. The minimum Gasteiger partial charge on any atom is -0.508 e. The molecule has 0 aliphatic rings. The highest BCUT2D eigenvalue weighted by atomic mass is 32.2. The van der Waals surface area contributed by atoms with Crippen molar-refractivity contribution in [3.63, 3.8) is 0 Å². The molecule has 158 valence electrons. The van der Waals surface area contributed by atoms with Crippen LogP contribution in [-0.4, -0.2) is 30.4 Å². The monoisotopic (exact) mass is 438 g/mol. The number of hydrogen-bond acceptors (Lipinski definition) is 5. The molecule has 30 heavy (non-hydrogen) atoms. The molecule has 0 atom stereocenters. The van der Waals surface area contributed by atoms with Crippen LogP contribution in [0.4, 0.5) is 18.9 Å². The van der Waals surface area contributed by atoms with E-state index in [-0.39, 0.29) is 18.0 Å². The first-order chi connectivity index (χ1) is 14.1. The number of halogens is 3. The van der Waals surface area contributed by atoms with E-state index in [9.17, 15) is 26.7 Å². The Bertz CT molecular complexity index is 1090. The molecule has 0 aliphatic heterocycles. The van der Waals surface area contributed by atoms with Crippen molar-refractivity contribution in [1.82, 2.24) is 4.98 Å². The third-order valence-electron chi connectivity index (χ3n) is 3.91. The van der Waals surface area contributed by atoms with Gasteiger partial charge in [0.15, 0.2) is 5.75 Å². The summed E-state index contributed by atoms with van der Waals surface area (Å²) in [6.45, 7) is -0.307. The number of rotatable bonds is 7. The third kappa shape index (κ3) is 5.86. The van der Waals surface area contributed by atoms with Crippen LogP contribution in [0.25, 0.3) is 0 Å². The first kappa shape index (κ1) is 21.4. The first-order valence-corrected chi connectivity index (χ1v) is 10.3. The summed E-state index contributed by atoms with van der Waals surface area (Å²) in [5.41, 5.74) is 0.481. The zero-order valence-electron chi connectivity index (χ0n) is 15.5. The van der Waals surface area contributed by atoms with Crippen LogP contribution in [0, 0.1) is 0 Å². The summed E-state index contributed by atoms with van der Waals surface area (Å²) in [6.07, 6.45) is -2.02. The second kappa shape index (κ2) is 8.62. The highest BCUT2D eigenvalue weighted by Crippen LogP contribution is 2.30. The molecule has 10 heteroatoms. The van der Waals surface area contributed by atoms with E-state index >= 15 is 0 Å². The van der Waals surface area contributed by atoms with Crippen molar-refractivity contribution in [2.75, 3.05) is 10.1 Å². The van der Waals surface area contributed by atoms with Gasteiger partial charge in [0.1, 0.15) is 17.2 Å². The van der Waals surface area contributed by atoms with Gasteiger partial charge in [0.2, 0.25) is 10.0 Å². The number of nitrogens with zero attached hydrogens (tertiary/aromatic N) is 2. The van der Waals surface area contributed by atoms with Gasteiger partial charge in [0.05, 0.1) is 12.2 Å². The molecule has 6 nitrogen and oxygen atoms in total. The minimum atomic E-state index is -4.88. The minimum absolute atomic E-state index is 0.00464. The Kier molecular flexibility index (Phi) is 6.16. The summed E-state index contributed by atoms with van der Waals surface area (Å²) in [4.78, 5) is 3.87. The van der Waals surface area contributed by atoms with Gasteiger partial charge in [-0.05, 0) is 48.0 Å². The summed E-state index contributed by atoms with van der Waals surface area (Å²) < 4.78 is 69.8. The van der Waals surface area contributed by atoms with Crippen LogP contribution in [0.15, 0.2) is 73.1 Å². The highest BCUT2D eigenvalue weighted by molar-refractivity contribution is 7.92. The molecule has 0 radical (unpaired) electrons. The van der Waals surface area contributed by atoms with Crippen LogP contribution >= 0.6 is 0 Å². The molecule has 2 aromatic carbocycles. The molecule has 0 spiro atoms. The number of benzene rings is 2. The average Bonchev–Trinajstić information content (AvgIpc) is 2.66. The number of alkyl halides is 3. The van der Waals surface area contributed by atoms with Crippen molar-refractivity contribution < 1.29 is 31.4 Å². The fraction of sp³-hybridized carbons (Fsp3) is 0.150. The fourth-order valence-electron chi connectivity index (χ4n) is 2.66. The maximum absolute atomic E-state index is 12.8. The van der Waals surface area contributed by atoms with Crippen molar-refractivity contribution in [3.05, 3.63) is 78.6 Å². The largest absolute Gasteiger partial charge is 0.508 e. The van der Waals surface area contributed by atoms with Gasteiger partial charge in [-0.2, -0.15) is 13.2 Å². The average molecular weight is 438 g/mol. The molecule has 0 aliphatic carbocycles. The summed E-state index contributed by atoms with van der Waals surface area (Å²) in [7, 11) is -4.70. The van der Waals surface area contributed by atoms with E-state index in [1.165, 1.54) is 48.8 Å². The van der Waals surface area contributed by atoms with Gasteiger partial charge in [-0.3, -0.25) is 9.29 Å². The Morgan fingerprint density at radius 1 is 1.00 bits per heavy atom. The predicted octanol–water partition coefficient (Wildman–Crippen LogP) is 4.48. The van der Waals surface area contributed by atoms with Crippen molar-refractivity contribution >= 4 is 15.7 Å². The van der Waals surface area contributed by atoms with Crippen molar-refractivity contribution in [2.45, 2.75) is 12.7 Å². The fourth-order valence-corrected chi connectivity index (χ4v) is 4.01. The van der Waals surface area contributed by atoms with Gasteiger partial charge in [0.25, 0.3) is 0 Å². The van der Waals surface area contributed by atoms with E-state index < -0.39 is 22.0 Å².